The summed E-state index contributed by atoms with van der Waals surface area (Å²) in [6.45, 7) is 4.24. The highest BCUT2D eigenvalue weighted by Crippen LogP contribution is 2.20. The highest BCUT2D eigenvalue weighted by atomic mass is 16.5. The zero-order valence-electron chi connectivity index (χ0n) is 12.5. The first-order valence-electron chi connectivity index (χ1n) is 7.25. The molecule has 0 spiro atoms. The second-order valence-corrected chi connectivity index (χ2v) is 5.07. The van der Waals surface area contributed by atoms with E-state index in [2.05, 4.69) is 5.32 Å². The Hall–Kier alpha value is -2.04. The Balaban J connectivity index is 2.54. The molecule has 21 heavy (non-hydrogen) atoms. The topological polar surface area (TPSA) is 75.6 Å². The van der Waals surface area contributed by atoms with Gasteiger partial charge in [0.05, 0.1) is 6.61 Å². The lowest BCUT2D eigenvalue weighted by atomic mass is 9.94. The van der Waals surface area contributed by atoms with Gasteiger partial charge < -0.3 is 15.2 Å². The van der Waals surface area contributed by atoms with Gasteiger partial charge in [-0.25, -0.2) is 9.59 Å². The molecule has 2 N–H and O–H groups in total. The maximum absolute atomic E-state index is 11.6. The minimum absolute atomic E-state index is 0.0308. The van der Waals surface area contributed by atoms with Gasteiger partial charge in [0.1, 0.15) is 6.04 Å². The van der Waals surface area contributed by atoms with Crippen LogP contribution >= 0.6 is 0 Å². The summed E-state index contributed by atoms with van der Waals surface area (Å²) in [5.41, 5.74) is 1.05. The number of rotatable bonds is 8. The van der Waals surface area contributed by atoms with E-state index in [0.29, 0.717) is 13.0 Å². The molecule has 0 radical (unpaired) electrons. The van der Waals surface area contributed by atoms with Crippen molar-refractivity contribution >= 4 is 12.1 Å². The van der Waals surface area contributed by atoms with Crippen molar-refractivity contribution in [1.29, 1.82) is 0 Å². The molecule has 5 heteroatoms. The van der Waals surface area contributed by atoms with Crippen LogP contribution in [0.1, 0.15) is 44.6 Å². The number of hydrogen-bond donors (Lipinski definition) is 2. The molecule has 0 heterocycles. The molecule has 0 aromatic heterocycles. The van der Waals surface area contributed by atoms with E-state index in [1.54, 1.807) is 0 Å². The monoisotopic (exact) mass is 293 g/mol. The Bertz CT molecular complexity index is 447. The van der Waals surface area contributed by atoms with Crippen LogP contribution < -0.4 is 5.32 Å². The van der Waals surface area contributed by atoms with Crippen LogP contribution in [0.2, 0.25) is 0 Å². The van der Waals surface area contributed by atoms with Crippen LogP contribution in [0.4, 0.5) is 4.79 Å². The van der Waals surface area contributed by atoms with Gasteiger partial charge >= 0.3 is 12.1 Å². The lowest BCUT2D eigenvalue weighted by molar-refractivity contribution is -0.139. The maximum atomic E-state index is 11.6. The lowest BCUT2D eigenvalue weighted by Gasteiger charge is -2.19. The van der Waals surface area contributed by atoms with Crippen molar-refractivity contribution in [2.75, 3.05) is 6.61 Å². The molecule has 0 aliphatic carbocycles. The first-order chi connectivity index (χ1) is 10.0. The lowest BCUT2D eigenvalue weighted by Crippen LogP contribution is -2.42. The third-order valence-electron chi connectivity index (χ3n) is 3.28. The number of amides is 1. The Morgan fingerprint density at radius 2 is 1.95 bits per heavy atom. The molecule has 2 atom stereocenters. The van der Waals surface area contributed by atoms with Crippen LogP contribution in [0.25, 0.3) is 0 Å². The fourth-order valence-corrected chi connectivity index (χ4v) is 1.99. The van der Waals surface area contributed by atoms with Gasteiger partial charge in [0, 0.05) is 0 Å². The zero-order valence-corrected chi connectivity index (χ0v) is 12.5. The van der Waals surface area contributed by atoms with Gasteiger partial charge in [-0.1, -0.05) is 50.6 Å². The molecule has 1 aromatic rings. The molecule has 1 aromatic carbocycles. The van der Waals surface area contributed by atoms with Crippen LogP contribution in [0.3, 0.4) is 0 Å². The Kier molecular flexibility index (Phi) is 7.29. The summed E-state index contributed by atoms with van der Waals surface area (Å²) in [5, 5.41) is 11.6. The molecule has 1 rings (SSSR count). The first-order valence-corrected chi connectivity index (χ1v) is 7.25. The molecule has 0 bridgehead atoms. The Labute approximate surface area is 125 Å². The van der Waals surface area contributed by atoms with Crippen LogP contribution in [-0.2, 0) is 9.53 Å². The molecule has 0 saturated heterocycles. The summed E-state index contributed by atoms with van der Waals surface area (Å²) in [6.07, 6.45) is 1.34. The van der Waals surface area contributed by atoms with Gasteiger partial charge in [0.2, 0.25) is 0 Å². The van der Waals surface area contributed by atoms with Crippen molar-refractivity contribution in [2.24, 2.45) is 0 Å². The molecular weight excluding hydrogens is 270 g/mol. The summed E-state index contributed by atoms with van der Waals surface area (Å²) >= 11 is 0. The van der Waals surface area contributed by atoms with E-state index in [0.717, 1.165) is 18.4 Å². The standard InChI is InChI=1S/C16H23NO4/c1-3-4-10-21-16(20)17-14(15(18)19)11-12(2)13-8-6-5-7-9-13/h5-9,12,14H,3-4,10-11H2,1-2H3,(H,17,20)(H,18,19)/t12-,14?/m0/s1. The maximum Gasteiger partial charge on any atom is 0.407 e. The van der Waals surface area contributed by atoms with Gasteiger partial charge in [0.15, 0.2) is 0 Å². The van der Waals surface area contributed by atoms with E-state index in [9.17, 15) is 14.7 Å². The number of nitrogens with one attached hydrogen (secondary N) is 1. The number of alkyl carbamates (subject to hydrolysis) is 1. The van der Waals surface area contributed by atoms with Crippen LogP contribution in [0.5, 0.6) is 0 Å². The normalized spacial score (nSPS) is 13.2. The Morgan fingerprint density at radius 1 is 1.29 bits per heavy atom. The molecule has 1 unspecified atom stereocenters. The highest BCUT2D eigenvalue weighted by Gasteiger charge is 2.23. The van der Waals surface area contributed by atoms with Crippen molar-refractivity contribution < 1.29 is 19.4 Å². The minimum atomic E-state index is -1.05. The van der Waals surface area contributed by atoms with E-state index in [1.807, 2.05) is 44.2 Å². The average molecular weight is 293 g/mol. The molecule has 116 valence electrons. The SMILES string of the molecule is CCCCOC(=O)NC(C[C@H](C)c1ccccc1)C(=O)O. The minimum Gasteiger partial charge on any atom is -0.480 e. The third kappa shape index (κ3) is 6.29. The fraction of sp³-hybridized carbons (Fsp3) is 0.500. The highest BCUT2D eigenvalue weighted by molar-refractivity contribution is 5.79. The molecule has 0 fully saturated rings. The summed E-state index contributed by atoms with van der Waals surface area (Å²) in [5.74, 6) is -1.02. The predicted octanol–water partition coefficient (Wildman–Crippen LogP) is 3.16. The van der Waals surface area contributed by atoms with Gasteiger partial charge in [-0.2, -0.15) is 0 Å². The summed E-state index contributed by atoms with van der Waals surface area (Å²) in [6, 6.07) is 8.68. The number of carbonyl (C=O) groups is 2. The summed E-state index contributed by atoms with van der Waals surface area (Å²) in [4.78, 5) is 22.8. The van der Waals surface area contributed by atoms with Crippen LogP contribution in [0, 0.1) is 0 Å². The van der Waals surface area contributed by atoms with Gasteiger partial charge in [0.25, 0.3) is 0 Å². The third-order valence-corrected chi connectivity index (χ3v) is 3.28. The average Bonchev–Trinajstić information content (AvgIpc) is 2.47. The first kappa shape index (κ1) is 17.0. The second kappa shape index (κ2) is 9.00. The van der Waals surface area contributed by atoms with Gasteiger partial charge in [-0.05, 0) is 24.3 Å². The molecule has 0 saturated carbocycles. The number of unbranched alkanes of at least 4 members (excludes halogenated alkanes) is 1. The van der Waals surface area contributed by atoms with Crippen LogP contribution in [0.15, 0.2) is 30.3 Å². The number of carboxylic acids is 1. The Morgan fingerprint density at radius 3 is 2.52 bits per heavy atom. The molecule has 5 nitrogen and oxygen atoms in total. The summed E-state index contributed by atoms with van der Waals surface area (Å²) < 4.78 is 4.94. The largest absolute Gasteiger partial charge is 0.480 e. The molecule has 1 amide bonds. The fourth-order valence-electron chi connectivity index (χ4n) is 1.99. The van der Waals surface area contributed by atoms with Crippen molar-refractivity contribution in [3.8, 4) is 0 Å². The van der Waals surface area contributed by atoms with E-state index in [-0.39, 0.29) is 5.92 Å². The zero-order chi connectivity index (χ0) is 15.7. The van der Waals surface area contributed by atoms with E-state index >= 15 is 0 Å². The van der Waals surface area contributed by atoms with Gasteiger partial charge in [-0.3, -0.25) is 0 Å². The van der Waals surface area contributed by atoms with Crippen LogP contribution in [-0.4, -0.2) is 29.8 Å². The van der Waals surface area contributed by atoms with Gasteiger partial charge in [-0.15, -0.1) is 0 Å². The quantitative estimate of drug-likeness (QED) is 0.722. The molecule has 0 aliphatic rings. The number of aliphatic carboxylic acids is 1. The van der Waals surface area contributed by atoms with Crippen molar-refractivity contribution in [1.82, 2.24) is 5.32 Å². The summed E-state index contributed by atoms with van der Waals surface area (Å²) in [7, 11) is 0. The number of carbonyl (C=O) groups excluding carboxylic acids is 1. The number of ether oxygens (including phenoxy) is 1. The number of benzene rings is 1. The van der Waals surface area contributed by atoms with Crippen molar-refractivity contribution in [3.63, 3.8) is 0 Å². The molecular formula is C16H23NO4. The van der Waals surface area contributed by atoms with E-state index < -0.39 is 18.1 Å². The van der Waals surface area contributed by atoms with Crippen molar-refractivity contribution in [2.45, 2.75) is 45.1 Å². The molecule has 0 aliphatic heterocycles. The number of carboxylic acid groups (broad SMARTS) is 1. The number of hydrogen-bond acceptors (Lipinski definition) is 3. The predicted molar refractivity (Wildman–Crippen MR) is 80.3 cm³/mol. The van der Waals surface area contributed by atoms with E-state index in [1.165, 1.54) is 0 Å². The van der Waals surface area contributed by atoms with Crippen molar-refractivity contribution in [3.05, 3.63) is 35.9 Å². The smallest absolute Gasteiger partial charge is 0.407 e. The van der Waals surface area contributed by atoms with E-state index in [4.69, 9.17) is 4.74 Å². The second-order valence-electron chi connectivity index (χ2n) is 5.07.